The molecular formula is C25H26Cl2N2O4S. The van der Waals surface area contributed by atoms with Crippen molar-refractivity contribution in [3.63, 3.8) is 0 Å². The molecule has 0 spiro atoms. The highest BCUT2D eigenvalue weighted by Gasteiger charge is 2.21. The van der Waals surface area contributed by atoms with Crippen molar-refractivity contribution in [3.05, 3.63) is 93.0 Å². The third kappa shape index (κ3) is 6.65. The first kappa shape index (κ1) is 25.9. The number of nitrogens with zero attached hydrogens (tertiary/aromatic N) is 1. The predicted octanol–water partition coefficient (Wildman–Crippen LogP) is 5.39. The normalized spacial score (nSPS) is 11.2. The molecule has 0 atom stereocenters. The number of hydrogen-bond donors (Lipinski definition) is 1. The summed E-state index contributed by atoms with van der Waals surface area (Å²) in [5.41, 5.74) is 3.59. The van der Waals surface area contributed by atoms with E-state index in [2.05, 4.69) is 5.32 Å². The Morgan fingerprint density at radius 3 is 2.41 bits per heavy atom. The fourth-order valence-electron chi connectivity index (χ4n) is 3.28. The van der Waals surface area contributed by atoms with E-state index in [0.29, 0.717) is 30.0 Å². The maximum atomic E-state index is 12.5. The van der Waals surface area contributed by atoms with Crippen molar-refractivity contribution in [1.29, 1.82) is 0 Å². The maximum absolute atomic E-state index is 12.5. The Balaban J connectivity index is 1.61. The lowest BCUT2D eigenvalue weighted by Crippen LogP contribution is -2.30. The third-order valence-electron chi connectivity index (χ3n) is 5.13. The van der Waals surface area contributed by atoms with Gasteiger partial charge in [-0.2, -0.15) is 0 Å². The molecular weight excluding hydrogens is 495 g/mol. The fourth-order valence-corrected chi connectivity index (χ4v) is 4.62. The van der Waals surface area contributed by atoms with Crippen molar-refractivity contribution in [2.75, 3.05) is 23.7 Å². The summed E-state index contributed by atoms with van der Waals surface area (Å²) in [7, 11) is -3.63. The van der Waals surface area contributed by atoms with E-state index in [1.807, 2.05) is 32.0 Å². The molecule has 0 aromatic heterocycles. The summed E-state index contributed by atoms with van der Waals surface area (Å²) in [5, 5.41) is 3.25. The van der Waals surface area contributed by atoms with Gasteiger partial charge in [0.25, 0.3) is 5.91 Å². The molecule has 0 saturated heterocycles. The molecule has 0 unspecified atom stereocenters. The van der Waals surface area contributed by atoms with Crippen LogP contribution in [-0.2, 0) is 16.6 Å². The van der Waals surface area contributed by atoms with Crippen LogP contribution in [0.5, 0.6) is 5.75 Å². The summed E-state index contributed by atoms with van der Waals surface area (Å²) in [6.45, 7) is 4.71. The van der Waals surface area contributed by atoms with E-state index >= 15 is 0 Å². The van der Waals surface area contributed by atoms with Crippen molar-refractivity contribution in [2.24, 2.45) is 0 Å². The van der Waals surface area contributed by atoms with Gasteiger partial charge in [-0.1, -0.05) is 53.5 Å². The van der Waals surface area contributed by atoms with Crippen LogP contribution in [0.15, 0.2) is 60.7 Å². The minimum Gasteiger partial charge on any atom is -0.491 e. The zero-order valence-electron chi connectivity index (χ0n) is 19.1. The Bertz CT molecular complexity index is 1280. The van der Waals surface area contributed by atoms with Gasteiger partial charge in [0.2, 0.25) is 10.0 Å². The molecule has 3 rings (SSSR count). The molecule has 3 aromatic carbocycles. The van der Waals surface area contributed by atoms with Crippen molar-refractivity contribution in [3.8, 4) is 5.75 Å². The number of halogens is 2. The fraction of sp³-hybridized carbons (Fsp3) is 0.240. The minimum absolute atomic E-state index is 0.0461. The van der Waals surface area contributed by atoms with E-state index in [-0.39, 0.29) is 22.5 Å². The average molecular weight is 521 g/mol. The lowest BCUT2D eigenvalue weighted by molar-refractivity contribution is 0.0947. The van der Waals surface area contributed by atoms with Crippen molar-refractivity contribution in [2.45, 2.75) is 20.4 Å². The summed E-state index contributed by atoms with van der Waals surface area (Å²) in [6, 6.07) is 17.5. The predicted molar refractivity (Wildman–Crippen MR) is 138 cm³/mol. The largest absolute Gasteiger partial charge is 0.491 e. The van der Waals surface area contributed by atoms with Gasteiger partial charge in [-0.3, -0.25) is 9.10 Å². The number of nitrogens with one attached hydrogen (secondary N) is 1. The number of benzene rings is 3. The summed E-state index contributed by atoms with van der Waals surface area (Å²) in [5.74, 6) is 0.558. The number of amides is 1. The van der Waals surface area contributed by atoms with Gasteiger partial charge in [0, 0.05) is 5.56 Å². The highest BCUT2D eigenvalue weighted by Crippen LogP contribution is 2.34. The first-order valence-electron chi connectivity index (χ1n) is 10.5. The van der Waals surface area contributed by atoms with Crippen LogP contribution in [-0.4, -0.2) is 33.7 Å². The number of sulfonamides is 1. The van der Waals surface area contributed by atoms with Gasteiger partial charge in [-0.25, -0.2) is 8.42 Å². The molecule has 0 heterocycles. The van der Waals surface area contributed by atoms with Gasteiger partial charge in [0.05, 0.1) is 35.1 Å². The Kier molecular flexibility index (Phi) is 8.47. The van der Waals surface area contributed by atoms with Gasteiger partial charge in [-0.05, 0) is 60.9 Å². The zero-order chi connectivity index (χ0) is 24.9. The Labute approximate surface area is 210 Å². The van der Waals surface area contributed by atoms with E-state index in [1.54, 1.807) is 42.5 Å². The summed E-state index contributed by atoms with van der Waals surface area (Å²) in [4.78, 5) is 12.5. The molecule has 0 aliphatic carbocycles. The second kappa shape index (κ2) is 11.1. The topological polar surface area (TPSA) is 75.7 Å². The molecule has 1 amide bonds. The average Bonchev–Trinajstić information content (AvgIpc) is 2.79. The molecule has 3 aromatic rings. The molecule has 34 heavy (non-hydrogen) atoms. The van der Waals surface area contributed by atoms with Crippen LogP contribution in [0.4, 0.5) is 5.69 Å². The molecule has 1 N–H and O–H groups in total. The standard InChI is InChI=1S/C25H26Cl2N2O4S/c1-17-7-8-18(2)23(15-17)33-14-13-28-25(30)20-11-9-19(10-12-20)16-29(34(3,31)32)22-6-4-5-21(26)24(22)27/h4-12,15H,13-14,16H2,1-3H3,(H,28,30). The number of rotatable bonds is 9. The van der Waals surface area contributed by atoms with Crippen LogP contribution in [0.25, 0.3) is 0 Å². The van der Waals surface area contributed by atoms with E-state index in [0.717, 1.165) is 23.1 Å². The first-order valence-corrected chi connectivity index (χ1v) is 13.2. The van der Waals surface area contributed by atoms with Crippen LogP contribution in [0.1, 0.15) is 27.0 Å². The number of hydrogen-bond acceptors (Lipinski definition) is 4. The van der Waals surface area contributed by atoms with Gasteiger partial charge in [0.1, 0.15) is 12.4 Å². The molecule has 6 nitrogen and oxygen atoms in total. The second-order valence-electron chi connectivity index (χ2n) is 7.91. The van der Waals surface area contributed by atoms with Crippen molar-refractivity contribution >= 4 is 44.8 Å². The molecule has 0 aliphatic heterocycles. The van der Waals surface area contributed by atoms with Gasteiger partial charge < -0.3 is 10.1 Å². The summed E-state index contributed by atoms with van der Waals surface area (Å²) < 4.78 is 31.8. The lowest BCUT2D eigenvalue weighted by Gasteiger charge is -2.24. The van der Waals surface area contributed by atoms with Gasteiger partial charge >= 0.3 is 0 Å². The number of carbonyl (C=O) groups is 1. The SMILES string of the molecule is Cc1ccc(C)c(OCCNC(=O)c2ccc(CN(c3cccc(Cl)c3Cl)S(C)(=O)=O)cc2)c1. The second-order valence-corrected chi connectivity index (χ2v) is 10.6. The molecule has 0 radical (unpaired) electrons. The number of carbonyl (C=O) groups excluding carboxylic acids is 1. The van der Waals surface area contributed by atoms with E-state index in [1.165, 1.54) is 4.31 Å². The van der Waals surface area contributed by atoms with E-state index in [4.69, 9.17) is 27.9 Å². The molecule has 180 valence electrons. The van der Waals surface area contributed by atoms with E-state index in [9.17, 15) is 13.2 Å². The van der Waals surface area contributed by atoms with Crippen molar-refractivity contribution < 1.29 is 17.9 Å². The monoisotopic (exact) mass is 520 g/mol. The quantitative estimate of drug-likeness (QED) is 0.384. The third-order valence-corrected chi connectivity index (χ3v) is 7.07. The number of anilines is 1. The molecule has 9 heteroatoms. The minimum atomic E-state index is -3.63. The molecule has 0 aliphatic rings. The number of aryl methyl sites for hydroxylation is 2. The molecule has 0 fully saturated rings. The van der Waals surface area contributed by atoms with Gasteiger partial charge in [-0.15, -0.1) is 0 Å². The number of ether oxygens (including phenoxy) is 1. The van der Waals surface area contributed by atoms with Crippen LogP contribution in [0, 0.1) is 13.8 Å². The van der Waals surface area contributed by atoms with Gasteiger partial charge in [0.15, 0.2) is 0 Å². The Morgan fingerprint density at radius 2 is 1.74 bits per heavy atom. The summed E-state index contributed by atoms with van der Waals surface area (Å²) in [6.07, 6.45) is 1.10. The van der Waals surface area contributed by atoms with Crippen LogP contribution >= 0.6 is 23.2 Å². The Morgan fingerprint density at radius 1 is 1.03 bits per heavy atom. The van der Waals surface area contributed by atoms with Crippen LogP contribution < -0.4 is 14.4 Å². The molecule has 0 bridgehead atoms. The lowest BCUT2D eigenvalue weighted by atomic mass is 10.1. The summed E-state index contributed by atoms with van der Waals surface area (Å²) >= 11 is 12.3. The van der Waals surface area contributed by atoms with Crippen LogP contribution in [0.3, 0.4) is 0 Å². The highest BCUT2D eigenvalue weighted by atomic mass is 35.5. The smallest absolute Gasteiger partial charge is 0.251 e. The van der Waals surface area contributed by atoms with Crippen LogP contribution in [0.2, 0.25) is 10.0 Å². The highest BCUT2D eigenvalue weighted by molar-refractivity contribution is 7.92. The van der Waals surface area contributed by atoms with Crippen molar-refractivity contribution in [1.82, 2.24) is 5.32 Å². The molecule has 0 saturated carbocycles. The Hall–Kier alpha value is -2.74. The maximum Gasteiger partial charge on any atom is 0.251 e. The first-order chi connectivity index (χ1) is 16.1. The van der Waals surface area contributed by atoms with E-state index < -0.39 is 10.0 Å². The zero-order valence-corrected chi connectivity index (χ0v) is 21.5.